The van der Waals surface area contributed by atoms with Gasteiger partial charge in [-0.25, -0.2) is 4.98 Å². The van der Waals surface area contributed by atoms with E-state index in [2.05, 4.69) is 26.2 Å². The molecule has 11 heavy (non-hydrogen) atoms. The van der Waals surface area contributed by atoms with Crippen molar-refractivity contribution < 1.29 is 4.42 Å². The van der Waals surface area contributed by atoms with Crippen LogP contribution in [0, 0.1) is 0 Å². The van der Waals surface area contributed by atoms with Gasteiger partial charge >= 0.3 is 0 Å². The second kappa shape index (κ2) is 2.95. The molecule has 1 aliphatic heterocycles. The molecular formula is C7H9BrN2O. The van der Waals surface area contributed by atoms with E-state index in [4.69, 9.17) is 4.42 Å². The summed E-state index contributed by atoms with van der Waals surface area (Å²) in [7, 11) is 0. The van der Waals surface area contributed by atoms with Crippen LogP contribution in [0.1, 0.15) is 18.2 Å². The average Bonchev–Trinajstić information content (AvgIpc) is 2.55. The summed E-state index contributed by atoms with van der Waals surface area (Å²) in [6, 6.07) is 0. The molecule has 0 saturated carbocycles. The first-order chi connectivity index (χ1) is 5.36. The van der Waals surface area contributed by atoms with E-state index in [0.29, 0.717) is 5.92 Å². The number of oxazole rings is 1. The molecule has 0 radical (unpaired) electrons. The van der Waals surface area contributed by atoms with E-state index in [0.717, 1.165) is 30.1 Å². The van der Waals surface area contributed by atoms with Gasteiger partial charge in [-0.15, -0.1) is 0 Å². The van der Waals surface area contributed by atoms with Gasteiger partial charge in [-0.05, 0) is 28.9 Å². The van der Waals surface area contributed by atoms with Gasteiger partial charge in [0.2, 0.25) is 0 Å². The van der Waals surface area contributed by atoms with Crippen molar-refractivity contribution in [1.82, 2.24) is 10.3 Å². The minimum absolute atomic E-state index is 0.473. The lowest BCUT2D eigenvalue weighted by Crippen LogP contribution is -2.07. The van der Waals surface area contributed by atoms with Crippen molar-refractivity contribution in [3.05, 3.63) is 16.8 Å². The highest BCUT2D eigenvalue weighted by molar-refractivity contribution is 9.10. The number of nitrogens with zero attached hydrogens (tertiary/aromatic N) is 1. The highest BCUT2D eigenvalue weighted by Gasteiger charge is 2.20. The Morgan fingerprint density at radius 1 is 1.73 bits per heavy atom. The maximum absolute atomic E-state index is 5.33. The molecule has 0 amide bonds. The van der Waals surface area contributed by atoms with Gasteiger partial charge in [0.25, 0.3) is 0 Å². The molecule has 1 fully saturated rings. The first kappa shape index (κ1) is 7.31. The van der Waals surface area contributed by atoms with E-state index in [1.54, 1.807) is 6.20 Å². The van der Waals surface area contributed by atoms with Crippen LogP contribution in [-0.2, 0) is 0 Å². The third-order valence-electron chi connectivity index (χ3n) is 1.90. The van der Waals surface area contributed by atoms with Gasteiger partial charge in [0.1, 0.15) is 0 Å². The van der Waals surface area contributed by atoms with Crippen LogP contribution in [0.2, 0.25) is 0 Å². The van der Waals surface area contributed by atoms with Crippen molar-refractivity contribution in [1.29, 1.82) is 0 Å². The van der Waals surface area contributed by atoms with Gasteiger partial charge in [0.15, 0.2) is 10.6 Å². The average molecular weight is 217 g/mol. The SMILES string of the molecule is Brc1cnc(C2CCNC2)o1. The lowest BCUT2D eigenvalue weighted by molar-refractivity contribution is 0.442. The van der Waals surface area contributed by atoms with Crippen LogP contribution in [0.4, 0.5) is 0 Å². The van der Waals surface area contributed by atoms with Gasteiger partial charge in [-0.3, -0.25) is 0 Å². The number of halogens is 1. The topological polar surface area (TPSA) is 38.1 Å². The molecule has 1 atom stereocenters. The molecule has 1 unspecified atom stereocenters. The van der Waals surface area contributed by atoms with Gasteiger partial charge < -0.3 is 9.73 Å². The molecule has 1 N–H and O–H groups in total. The van der Waals surface area contributed by atoms with Crippen molar-refractivity contribution in [2.45, 2.75) is 12.3 Å². The lowest BCUT2D eigenvalue weighted by Gasteiger charge is -1.99. The van der Waals surface area contributed by atoms with Crippen molar-refractivity contribution >= 4 is 15.9 Å². The van der Waals surface area contributed by atoms with Gasteiger partial charge in [-0.2, -0.15) is 0 Å². The Kier molecular flexibility index (Phi) is 1.96. The Morgan fingerprint density at radius 2 is 2.64 bits per heavy atom. The summed E-state index contributed by atoms with van der Waals surface area (Å²) in [5, 5.41) is 3.26. The summed E-state index contributed by atoms with van der Waals surface area (Å²) >= 11 is 3.23. The predicted molar refractivity (Wildman–Crippen MR) is 44.4 cm³/mol. The molecular weight excluding hydrogens is 208 g/mol. The second-order valence-electron chi connectivity index (χ2n) is 2.69. The molecule has 4 heteroatoms. The van der Waals surface area contributed by atoms with E-state index < -0.39 is 0 Å². The molecule has 3 nitrogen and oxygen atoms in total. The van der Waals surface area contributed by atoms with Crippen LogP contribution in [0.15, 0.2) is 15.3 Å². The minimum Gasteiger partial charge on any atom is -0.434 e. The molecule has 1 saturated heterocycles. The van der Waals surface area contributed by atoms with E-state index in [-0.39, 0.29) is 0 Å². The molecule has 0 aromatic carbocycles. The highest BCUT2D eigenvalue weighted by atomic mass is 79.9. The minimum atomic E-state index is 0.473. The summed E-state index contributed by atoms with van der Waals surface area (Å²) < 4.78 is 6.05. The van der Waals surface area contributed by atoms with Gasteiger partial charge in [0, 0.05) is 12.5 Å². The third-order valence-corrected chi connectivity index (χ3v) is 2.27. The summed E-state index contributed by atoms with van der Waals surface area (Å²) in [6.07, 6.45) is 2.83. The smallest absolute Gasteiger partial charge is 0.200 e. The summed E-state index contributed by atoms with van der Waals surface area (Å²) in [6.45, 7) is 2.07. The number of nitrogens with one attached hydrogen (secondary N) is 1. The maximum atomic E-state index is 5.33. The monoisotopic (exact) mass is 216 g/mol. The lowest BCUT2D eigenvalue weighted by atomic mass is 10.1. The van der Waals surface area contributed by atoms with Crippen LogP contribution in [-0.4, -0.2) is 18.1 Å². The summed E-state index contributed by atoms with van der Waals surface area (Å²) in [5.74, 6) is 1.32. The van der Waals surface area contributed by atoms with Crippen molar-refractivity contribution in [3.8, 4) is 0 Å². The number of hydrogen-bond acceptors (Lipinski definition) is 3. The fraction of sp³-hybridized carbons (Fsp3) is 0.571. The Hall–Kier alpha value is -0.350. The van der Waals surface area contributed by atoms with Crippen molar-refractivity contribution in [2.75, 3.05) is 13.1 Å². The third kappa shape index (κ3) is 1.46. The number of aromatic nitrogens is 1. The predicted octanol–water partition coefficient (Wildman–Crippen LogP) is 1.51. The molecule has 1 aromatic heterocycles. The molecule has 1 aliphatic rings. The van der Waals surface area contributed by atoms with Crippen LogP contribution in [0.5, 0.6) is 0 Å². The molecule has 0 bridgehead atoms. The number of rotatable bonds is 1. The zero-order chi connectivity index (χ0) is 7.68. The standard InChI is InChI=1S/C7H9BrN2O/c8-6-4-10-7(11-6)5-1-2-9-3-5/h4-5,9H,1-3H2. The molecule has 2 heterocycles. The Bertz CT molecular complexity index is 242. The van der Waals surface area contributed by atoms with Crippen LogP contribution in [0.3, 0.4) is 0 Å². The Labute approximate surface area is 73.3 Å². The Morgan fingerprint density at radius 3 is 3.18 bits per heavy atom. The Balaban J connectivity index is 2.15. The maximum Gasteiger partial charge on any atom is 0.200 e. The normalized spacial score (nSPS) is 24.3. The largest absolute Gasteiger partial charge is 0.434 e. The summed E-state index contributed by atoms with van der Waals surface area (Å²) in [4.78, 5) is 4.14. The number of hydrogen-bond donors (Lipinski definition) is 1. The van der Waals surface area contributed by atoms with E-state index in [9.17, 15) is 0 Å². The van der Waals surface area contributed by atoms with Gasteiger partial charge in [-0.1, -0.05) is 0 Å². The van der Waals surface area contributed by atoms with Crippen LogP contribution >= 0.6 is 15.9 Å². The quantitative estimate of drug-likeness (QED) is 0.774. The zero-order valence-electron chi connectivity index (χ0n) is 6.01. The van der Waals surface area contributed by atoms with E-state index in [1.165, 1.54) is 0 Å². The molecule has 0 spiro atoms. The summed E-state index contributed by atoms with van der Waals surface area (Å²) in [5.41, 5.74) is 0. The second-order valence-corrected chi connectivity index (χ2v) is 3.47. The van der Waals surface area contributed by atoms with Crippen LogP contribution < -0.4 is 5.32 Å². The fourth-order valence-electron chi connectivity index (χ4n) is 1.32. The first-order valence-electron chi connectivity index (χ1n) is 3.68. The van der Waals surface area contributed by atoms with Crippen LogP contribution in [0.25, 0.3) is 0 Å². The fourth-order valence-corrected chi connectivity index (χ4v) is 1.59. The molecule has 0 aliphatic carbocycles. The van der Waals surface area contributed by atoms with Crippen molar-refractivity contribution in [3.63, 3.8) is 0 Å². The molecule has 60 valence electrons. The first-order valence-corrected chi connectivity index (χ1v) is 4.47. The van der Waals surface area contributed by atoms with Gasteiger partial charge in [0.05, 0.1) is 6.20 Å². The molecule has 2 rings (SSSR count). The van der Waals surface area contributed by atoms with E-state index in [1.807, 2.05) is 0 Å². The highest BCUT2D eigenvalue weighted by Crippen LogP contribution is 2.23. The van der Waals surface area contributed by atoms with E-state index >= 15 is 0 Å². The zero-order valence-corrected chi connectivity index (χ0v) is 7.60. The molecule has 1 aromatic rings. The van der Waals surface area contributed by atoms with Crippen molar-refractivity contribution in [2.24, 2.45) is 0 Å².